The first kappa shape index (κ1) is 24.5. The van der Waals surface area contributed by atoms with E-state index in [9.17, 15) is 14.0 Å². The Kier molecular flexibility index (Phi) is 8.61. The SMILES string of the molecule is CC(C)CNC(=O)[C@@H](c1ccccc1)N(Cc1ccc(F)cc1)C(=O)Cc1ccc(Cl)cc1. The summed E-state index contributed by atoms with van der Waals surface area (Å²) in [5.74, 6) is -0.551. The molecule has 1 atom stereocenters. The zero-order valence-corrected chi connectivity index (χ0v) is 19.6. The molecule has 6 heteroatoms. The van der Waals surface area contributed by atoms with E-state index in [0.717, 1.165) is 11.1 Å². The van der Waals surface area contributed by atoms with Crippen LogP contribution in [0.15, 0.2) is 78.9 Å². The van der Waals surface area contributed by atoms with Crippen molar-refractivity contribution >= 4 is 23.4 Å². The van der Waals surface area contributed by atoms with E-state index in [1.165, 1.54) is 12.1 Å². The molecule has 0 radical (unpaired) electrons. The quantitative estimate of drug-likeness (QED) is 0.448. The Bertz CT molecular complexity index is 1050. The van der Waals surface area contributed by atoms with Crippen molar-refractivity contribution in [3.8, 4) is 0 Å². The molecule has 1 N–H and O–H groups in total. The van der Waals surface area contributed by atoms with Gasteiger partial charge >= 0.3 is 0 Å². The lowest BCUT2D eigenvalue weighted by molar-refractivity contribution is -0.141. The van der Waals surface area contributed by atoms with Gasteiger partial charge in [-0.15, -0.1) is 0 Å². The summed E-state index contributed by atoms with van der Waals surface area (Å²) in [7, 11) is 0. The predicted octanol–water partition coefficient (Wildman–Crippen LogP) is 5.56. The summed E-state index contributed by atoms with van der Waals surface area (Å²) >= 11 is 5.98. The number of rotatable bonds is 9. The van der Waals surface area contributed by atoms with Crippen LogP contribution in [0.5, 0.6) is 0 Å². The van der Waals surface area contributed by atoms with Gasteiger partial charge in [0.2, 0.25) is 11.8 Å². The molecule has 0 fully saturated rings. The lowest BCUT2D eigenvalue weighted by Gasteiger charge is -2.32. The fourth-order valence-electron chi connectivity index (χ4n) is 3.50. The second-order valence-electron chi connectivity index (χ2n) is 8.40. The maximum absolute atomic E-state index is 13.6. The topological polar surface area (TPSA) is 49.4 Å². The molecule has 0 saturated carbocycles. The van der Waals surface area contributed by atoms with Gasteiger partial charge < -0.3 is 10.2 Å². The van der Waals surface area contributed by atoms with Gasteiger partial charge in [0, 0.05) is 18.1 Å². The van der Waals surface area contributed by atoms with Gasteiger partial charge in [-0.2, -0.15) is 0 Å². The van der Waals surface area contributed by atoms with Crippen LogP contribution in [0.2, 0.25) is 5.02 Å². The van der Waals surface area contributed by atoms with Crippen LogP contribution >= 0.6 is 11.6 Å². The number of hydrogen-bond acceptors (Lipinski definition) is 2. The van der Waals surface area contributed by atoms with Crippen molar-refractivity contribution in [2.45, 2.75) is 32.9 Å². The van der Waals surface area contributed by atoms with Gasteiger partial charge in [0.25, 0.3) is 0 Å². The molecule has 3 rings (SSSR count). The minimum Gasteiger partial charge on any atom is -0.354 e. The van der Waals surface area contributed by atoms with Gasteiger partial charge in [-0.25, -0.2) is 4.39 Å². The summed E-state index contributed by atoms with van der Waals surface area (Å²) in [5.41, 5.74) is 2.24. The van der Waals surface area contributed by atoms with E-state index >= 15 is 0 Å². The zero-order chi connectivity index (χ0) is 23.8. The number of carbonyl (C=O) groups excluding carboxylic acids is 2. The van der Waals surface area contributed by atoms with Gasteiger partial charge in [-0.05, 0) is 46.9 Å². The van der Waals surface area contributed by atoms with Gasteiger partial charge in [0.1, 0.15) is 11.9 Å². The third-order valence-corrected chi connectivity index (χ3v) is 5.47. The molecular weight excluding hydrogens is 439 g/mol. The lowest BCUT2D eigenvalue weighted by atomic mass is 10.0. The number of benzene rings is 3. The lowest BCUT2D eigenvalue weighted by Crippen LogP contribution is -2.44. The molecule has 0 aromatic heterocycles. The third kappa shape index (κ3) is 7.16. The maximum atomic E-state index is 13.6. The standard InChI is InChI=1S/C27H28ClFN2O2/c1-19(2)17-30-27(33)26(22-6-4-3-5-7-22)31(18-21-10-14-24(29)15-11-21)25(32)16-20-8-12-23(28)13-9-20/h3-15,19,26H,16-18H2,1-2H3,(H,30,33)/t26-/m1/s1. The van der Waals surface area contributed by atoms with Crippen LogP contribution < -0.4 is 5.32 Å². The van der Waals surface area contributed by atoms with Crippen LogP contribution in [0.4, 0.5) is 4.39 Å². The zero-order valence-electron chi connectivity index (χ0n) is 18.8. The largest absolute Gasteiger partial charge is 0.354 e. The fourth-order valence-corrected chi connectivity index (χ4v) is 3.62. The van der Waals surface area contributed by atoms with E-state index in [4.69, 9.17) is 11.6 Å². The molecule has 3 aromatic rings. The number of nitrogens with one attached hydrogen (secondary N) is 1. The van der Waals surface area contributed by atoms with Crippen LogP contribution in [0, 0.1) is 11.7 Å². The van der Waals surface area contributed by atoms with E-state index < -0.39 is 6.04 Å². The molecule has 0 spiro atoms. The van der Waals surface area contributed by atoms with Crippen molar-refractivity contribution in [1.29, 1.82) is 0 Å². The molecule has 0 aliphatic carbocycles. The summed E-state index contributed by atoms with van der Waals surface area (Å²) in [4.78, 5) is 28.5. The van der Waals surface area contributed by atoms with Gasteiger partial charge in [-0.3, -0.25) is 9.59 Å². The average Bonchev–Trinajstić information content (AvgIpc) is 2.80. The summed E-state index contributed by atoms with van der Waals surface area (Å²) in [5, 5.41) is 3.56. The molecule has 33 heavy (non-hydrogen) atoms. The Balaban J connectivity index is 1.98. The van der Waals surface area contributed by atoms with E-state index in [2.05, 4.69) is 5.32 Å². The van der Waals surface area contributed by atoms with Crippen molar-refractivity contribution in [1.82, 2.24) is 10.2 Å². The Morgan fingerprint density at radius 3 is 2.12 bits per heavy atom. The van der Waals surface area contributed by atoms with E-state index in [0.29, 0.717) is 17.1 Å². The second-order valence-corrected chi connectivity index (χ2v) is 8.84. The molecule has 0 saturated heterocycles. The molecule has 3 aromatic carbocycles. The van der Waals surface area contributed by atoms with Crippen molar-refractivity contribution < 1.29 is 14.0 Å². The fraction of sp³-hybridized carbons (Fsp3) is 0.259. The average molecular weight is 467 g/mol. The van der Waals surface area contributed by atoms with Crippen molar-refractivity contribution in [2.75, 3.05) is 6.54 Å². The number of amides is 2. The van der Waals surface area contributed by atoms with Crippen LogP contribution in [0.3, 0.4) is 0 Å². The second kappa shape index (κ2) is 11.6. The van der Waals surface area contributed by atoms with Crippen molar-refractivity contribution in [2.24, 2.45) is 5.92 Å². The highest BCUT2D eigenvalue weighted by atomic mass is 35.5. The Hall–Kier alpha value is -3.18. The van der Waals surface area contributed by atoms with E-state index in [1.807, 2.05) is 44.2 Å². The molecule has 2 amide bonds. The van der Waals surface area contributed by atoms with Crippen LogP contribution in [0.1, 0.15) is 36.6 Å². The summed E-state index contributed by atoms with van der Waals surface area (Å²) in [6.07, 6.45) is 0.110. The summed E-state index contributed by atoms with van der Waals surface area (Å²) < 4.78 is 13.5. The minimum absolute atomic E-state index is 0.110. The van der Waals surface area contributed by atoms with E-state index in [-0.39, 0.29) is 36.5 Å². The first-order valence-corrected chi connectivity index (χ1v) is 11.3. The molecular formula is C27H28ClFN2O2. The number of halogens is 2. The summed E-state index contributed by atoms with van der Waals surface area (Å²) in [6, 6.07) is 21.5. The molecule has 0 bridgehead atoms. The number of nitrogens with zero attached hydrogens (tertiary/aromatic N) is 1. The third-order valence-electron chi connectivity index (χ3n) is 5.22. The predicted molar refractivity (Wildman–Crippen MR) is 129 cm³/mol. The smallest absolute Gasteiger partial charge is 0.247 e. The van der Waals surface area contributed by atoms with Gasteiger partial charge in [0.05, 0.1) is 6.42 Å². The van der Waals surface area contributed by atoms with Crippen molar-refractivity contribution in [3.05, 3.63) is 106 Å². The maximum Gasteiger partial charge on any atom is 0.247 e. The van der Waals surface area contributed by atoms with Crippen molar-refractivity contribution in [3.63, 3.8) is 0 Å². The monoisotopic (exact) mass is 466 g/mol. The Morgan fingerprint density at radius 2 is 1.52 bits per heavy atom. The minimum atomic E-state index is -0.824. The van der Waals surface area contributed by atoms with E-state index in [1.54, 1.807) is 41.3 Å². The molecule has 0 heterocycles. The van der Waals surface area contributed by atoms with Crippen LogP contribution in [0.25, 0.3) is 0 Å². The molecule has 0 unspecified atom stereocenters. The first-order chi connectivity index (χ1) is 15.8. The normalized spacial score (nSPS) is 11.8. The molecule has 172 valence electrons. The Labute approximate surface area is 199 Å². The molecule has 0 aliphatic heterocycles. The first-order valence-electron chi connectivity index (χ1n) is 10.9. The Morgan fingerprint density at radius 1 is 0.909 bits per heavy atom. The highest BCUT2D eigenvalue weighted by Gasteiger charge is 2.31. The van der Waals surface area contributed by atoms with Gasteiger partial charge in [0.15, 0.2) is 0 Å². The van der Waals surface area contributed by atoms with Crippen LogP contribution in [-0.4, -0.2) is 23.3 Å². The van der Waals surface area contributed by atoms with Gasteiger partial charge in [-0.1, -0.05) is 80.0 Å². The highest BCUT2D eigenvalue weighted by Crippen LogP contribution is 2.25. The number of carbonyl (C=O) groups is 2. The highest BCUT2D eigenvalue weighted by molar-refractivity contribution is 6.30. The summed E-state index contributed by atoms with van der Waals surface area (Å²) in [6.45, 7) is 4.69. The molecule has 4 nitrogen and oxygen atoms in total. The number of hydrogen-bond donors (Lipinski definition) is 1. The molecule has 0 aliphatic rings. The van der Waals surface area contributed by atoms with Crippen LogP contribution in [-0.2, 0) is 22.6 Å².